The van der Waals surface area contributed by atoms with Crippen molar-refractivity contribution in [3.8, 4) is 0 Å². The summed E-state index contributed by atoms with van der Waals surface area (Å²) in [5, 5.41) is 0. The zero-order chi connectivity index (χ0) is 7.40. The minimum atomic E-state index is 0.747. The van der Waals surface area contributed by atoms with Gasteiger partial charge in [0.15, 0.2) is 0 Å². The van der Waals surface area contributed by atoms with Gasteiger partial charge < -0.3 is 0 Å². The molecule has 0 radical (unpaired) electrons. The summed E-state index contributed by atoms with van der Waals surface area (Å²) in [6.45, 7) is 4.51. The van der Waals surface area contributed by atoms with E-state index in [-0.39, 0.29) is 0 Å². The average Bonchev–Trinajstić information content (AvgIpc) is 1.83. The fourth-order valence-corrected chi connectivity index (χ4v) is 1.41. The van der Waals surface area contributed by atoms with Gasteiger partial charge in [-0.2, -0.15) is 0 Å². The Morgan fingerprint density at radius 3 is 3.00 bits per heavy atom. The molecule has 0 aromatic heterocycles. The first-order valence-electron chi connectivity index (χ1n) is 4.11. The van der Waals surface area contributed by atoms with E-state index in [4.69, 9.17) is 0 Å². The lowest BCUT2D eigenvalue weighted by molar-refractivity contribution is 0.701. The molecule has 10 heavy (non-hydrogen) atoms. The summed E-state index contributed by atoms with van der Waals surface area (Å²) in [5.74, 6) is 0.747. The summed E-state index contributed by atoms with van der Waals surface area (Å²) in [4.78, 5) is 0. The molecular formula is C10H16. The van der Waals surface area contributed by atoms with Crippen LogP contribution in [-0.2, 0) is 0 Å². The van der Waals surface area contributed by atoms with Crippen molar-refractivity contribution in [2.75, 3.05) is 0 Å². The Balaban J connectivity index is 2.52. The Morgan fingerprint density at radius 1 is 1.40 bits per heavy atom. The highest BCUT2D eigenvalue weighted by Gasteiger charge is 1.99. The zero-order valence-electron chi connectivity index (χ0n) is 6.93. The standard InChI is InChI=1S/C10H16/c1-9-6-4-3-5-7-10(2)8-9/h4,6-7,9H,3,5,8H2,1-2H3/b6-4-,10-7-/t9-/m1/s1. The molecule has 56 valence electrons. The Kier molecular flexibility index (Phi) is 2.73. The topological polar surface area (TPSA) is 0 Å². The van der Waals surface area contributed by atoms with Crippen molar-refractivity contribution in [3.63, 3.8) is 0 Å². The molecule has 0 unspecified atom stereocenters. The van der Waals surface area contributed by atoms with Crippen LogP contribution >= 0.6 is 0 Å². The van der Waals surface area contributed by atoms with Gasteiger partial charge in [0.25, 0.3) is 0 Å². The van der Waals surface area contributed by atoms with Crippen molar-refractivity contribution in [1.29, 1.82) is 0 Å². The van der Waals surface area contributed by atoms with Gasteiger partial charge in [0, 0.05) is 0 Å². The maximum absolute atomic E-state index is 2.36. The number of allylic oxidation sites excluding steroid dienone is 4. The van der Waals surface area contributed by atoms with Gasteiger partial charge in [0.05, 0.1) is 0 Å². The van der Waals surface area contributed by atoms with Crippen molar-refractivity contribution < 1.29 is 0 Å². The van der Waals surface area contributed by atoms with Crippen LogP contribution in [0.4, 0.5) is 0 Å². The molecule has 0 saturated carbocycles. The smallest absolute Gasteiger partial charge is 0.0225 e. The highest BCUT2D eigenvalue weighted by molar-refractivity contribution is 5.05. The van der Waals surface area contributed by atoms with Crippen LogP contribution in [0.2, 0.25) is 0 Å². The van der Waals surface area contributed by atoms with E-state index in [1.54, 1.807) is 5.57 Å². The normalized spacial score (nSPS) is 35.4. The summed E-state index contributed by atoms with van der Waals surface area (Å²) >= 11 is 0. The molecule has 0 spiro atoms. The quantitative estimate of drug-likeness (QED) is 0.448. The first-order valence-corrected chi connectivity index (χ1v) is 4.11. The number of rotatable bonds is 0. The van der Waals surface area contributed by atoms with E-state index in [9.17, 15) is 0 Å². The second kappa shape index (κ2) is 3.60. The van der Waals surface area contributed by atoms with Crippen molar-refractivity contribution in [2.24, 2.45) is 5.92 Å². The largest absolute Gasteiger partial charge is 0.0880 e. The van der Waals surface area contributed by atoms with E-state index in [0.717, 1.165) is 5.92 Å². The van der Waals surface area contributed by atoms with Crippen LogP contribution in [-0.4, -0.2) is 0 Å². The van der Waals surface area contributed by atoms with Gasteiger partial charge >= 0.3 is 0 Å². The van der Waals surface area contributed by atoms with Crippen LogP contribution < -0.4 is 0 Å². The summed E-state index contributed by atoms with van der Waals surface area (Å²) < 4.78 is 0. The molecule has 0 heteroatoms. The summed E-state index contributed by atoms with van der Waals surface area (Å²) in [5.41, 5.74) is 1.55. The maximum Gasteiger partial charge on any atom is -0.0225 e. The second-order valence-electron chi connectivity index (χ2n) is 3.24. The molecule has 0 aromatic rings. The molecule has 1 aliphatic carbocycles. The number of hydrogen-bond acceptors (Lipinski definition) is 0. The molecule has 0 bridgehead atoms. The molecule has 0 aliphatic heterocycles. The minimum Gasteiger partial charge on any atom is -0.0880 e. The van der Waals surface area contributed by atoms with Crippen molar-refractivity contribution >= 4 is 0 Å². The Hall–Kier alpha value is -0.520. The average molecular weight is 136 g/mol. The lowest BCUT2D eigenvalue weighted by Gasteiger charge is -2.08. The first-order chi connectivity index (χ1) is 4.79. The van der Waals surface area contributed by atoms with E-state index in [2.05, 4.69) is 32.1 Å². The second-order valence-corrected chi connectivity index (χ2v) is 3.24. The lowest BCUT2D eigenvalue weighted by atomic mass is 9.98. The Labute approximate surface area is 63.6 Å². The highest BCUT2D eigenvalue weighted by Crippen LogP contribution is 2.16. The van der Waals surface area contributed by atoms with Gasteiger partial charge in [-0.1, -0.05) is 30.7 Å². The molecule has 0 amide bonds. The molecule has 0 N–H and O–H groups in total. The fraction of sp³-hybridized carbons (Fsp3) is 0.600. The summed E-state index contributed by atoms with van der Waals surface area (Å²) in [6.07, 6.45) is 10.7. The fourth-order valence-electron chi connectivity index (χ4n) is 1.41. The zero-order valence-corrected chi connectivity index (χ0v) is 6.93. The maximum atomic E-state index is 2.36. The van der Waals surface area contributed by atoms with Gasteiger partial charge in [-0.25, -0.2) is 0 Å². The molecule has 0 nitrogen and oxygen atoms in total. The summed E-state index contributed by atoms with van der Waals surface area (Å²) in [6, 6.07) is 0. The highest BCUT2D eigenvalue weighted by atomic mass is 14.1. The van der Waals surface area contributed by atoms with Gasteiger partial charge in [0.1, 0.15) is 0 Å². The van der Waals surface area contributed by atoms with Crippen LogP contribution in [0.3, 0.4) is 0 Å². The van der Waals surface area contributed by atoms with Crippen molar-refractivity contribution in [2.45, 2.75) is 33.1 Å². The molecular weight excluding hydrogens is 120 g/mol. The van der Waals surface area contributed by atoms with E-state index >= 15 is 0 Å². The monoisotopic (exact) mass is 136 g/mol. The Bertz CT molecular complexity index is 151. The lowest BCUT2D eigenvalue weighted by Crippen LogP contribution is -1.92. The third-order valence-corrected chi connectivity index (χ3v) is 1.93. The van der Waals surface area contributed by atoms with Gasteiger partial charge in [-0.05, 0) is 32.1 Å². The Morgan fingerprint density at radius 2 is 2.20 bits per heavy atom. The van der Waals surface area contributed by atoms with Gasteiger partial charge in [0.2, 0.25) is 0 Å². The molecule has 0 fully saturated rings. The van der Waals surface area contributed by atoms with Crippen LogP contribution in [0.15, 0.2) is 23.8 Å². The van der Waals surface area contributed by atoms with E-state index < -0.39 is 0 Å². The van der Waals surface area contributed by atoms with Crippen LogP contribution in [0.5, 0.6) is 0 Å². The van der Waals surface area contributed by atoms with Crippen LogP contribution in [0, 0.1) is 5.92 Å². The molecule has 1 atom stereocenters. The van der Waals surface area contributed by atoms with Crippen LogP contribution in [0.1, 0.15) is 33.1 Å². The third kappa shape index (κ3) is 2.38. The van der Waals surface area contributed by atoms with Crippen LogP contribution in [0.25, 0.3) is 0 Å². The minimum absolute atomic E-state index is 0.747. The van der Waals surface area contributed by atoms with E-state index in [0.29, 0.717) is 0 Å². The van der Waals surface area contributed by atoms with E-state index in [1.807, 2.05) is 0 Å². The van der Waals surface area contributed by atoms with Gasteiger partial charge in [-0.15, -0.1) is 0 Å². The molecule has 1 rings (SSSR count). The van der Waals surface area contributed by atoms with E-state index in [1.165, 1.54) is 19.3 Å². The predicted molar refractivity (Wildman–Crippen MR) is 45.9 cm³/mol. The molecule has 0 saturated heterocycles. The van der Waals surface area contributed by atoms with Gasteiger partial charge in [-0.3, -0.25) is 0 Å². The molecule has 1 aliphatic rings. The first kappa shape index (κ1) is 7.59. The summed E-state index contributed by atoms with van der Waals surface area (Å²) in [7, 11) is 0. The predicted octanol–water partition coefficient (Wildman–Crippen LogP) is 3.31. The van der Waals surface area contributed by atoms with Crippen molar-refractivity contribution in [1.82, 2.24) is 0 Å². The molecule has 0 aromatic carbocycles. The van der Waals surface area contributed by atoms with Crippen molar-refractivity contribution in [3.05, 3.63) is 23.8 Å². The SMILES string of the molecule is C/C1=C/CC/C=C\[C@@H](C)C1. The number of hydrogen-bond donors (Lipinski definition) is 0. The third-order valence-electron chi connectivity index (χ3n) is 1.93. The molecule has 0 heterocycles.